The minimum atomic E-state index is 0.0536. The fourth-order valence-electron chi connectivity index (χ4n) is 3.66. The van der Waals surface area contributed by atoms with Gasteiger partial charge in [-0.3, -0.25) is 9.69 Å². The molecule has 24 heavy (non-hydrogen) atoms. The number of piperazine rings is 1. The van der Waals surface area contributed by atoms with Crippen LogP contribution in [0.25, 0.3) is 5.65 Å². The number of carbonyl (C=O) groups excluding carboxylic acids is 1. The first-order chi connectivity index (χ1) is 11.8. The highest BCUT2D eigenvalue weighted by atomic mass is 16.2. The molecule has 6 heteroatoms. The molecule has 0 aliphatic carbocycles. The van der Waals surface area contributed by atoms with Crippen molar-refractivity contribution in [2.75, 3.05) is 52.4 Å². The molecule has 2 aromatic rings. The second-order valence-electron chi connectivity index (χ2n) is 6.77. The number of nitrogens with zero attached hydrogens (tertiary/aromatic N) is 5. The number of amides is 1. The van der Waals surface area contributed by atoms with Gasteiger partial charge in [-0.2, -0.15) is 0 Å². The predicted molar refractivity (Wildman–Crippen MR) is 93.2 cm³/mol. The second-order valence-corrected chi connectivity index (χ2v) is 6.77. The summed E-state index contributed by atoms with van der Waals surface area (Å²) in [5, 5.41) is 0. The standard InChI is InChI=1S/C18H25N5O/c24-18(16-15-23-8-2-1-5-17(23)19-16)22-13-11-21(12-14-22)10-9-20-6-3-4-7-20/h1-2,5,8,15H,3-4,6-7,9-14H2. The Hall–Kier alpha value is -1.92. The smallest absolute Gasteiger partial charge is 0.274 e. The Bertz CT molecular complexity index is 665. The van der Waals surface area contributed by atoms with Crippen LogP contribution < -0.4 is 0 Å². The maximum atomic E-state index is 12.7. The van der Waals surface area contributed by atoms with Crippen molar-refractivity contribution in [3.8, 4) is 0 Å². The molecule has 0 aromatic carbocycles. The Labute approximate surface area is 142 Å². The normalized spacial score (nSPS) is 20.1. The summed E-state index contributed by atoms with van der Waals surface area (Å²) in [5.74, 6) is 0.0536. The maximum Gasteiger partial charge on any atom is 0.274 e. The summed E-state index contributed by atoms with van der Waals surface area (Å²) in [4.78, 5) is 24.1. The van der Waals surface area contributed by atoms with Gasteiger partial charge in [0.1, 0.15) is 11.3 Å². The first kappa shape index (κ1) is 15.6. The number of rotatable bonds is 4. The van der Waals surface area contributed by atoms with E-state index in [9.17, 15) is 4.79 Å². The largest absolute Gasteiger partial charge is 0.335 e. The molecule has 1 amide bonds. The van der Waals surface area contributed by atoms with Crippen molar-refractivity contribution in [1.29, 1.82) is 0 Å². The number of carbonyl (C=O) groups is 1. The Morgan fingerprint density at radius 3 is 2.38 bits per heavy atom. The molecule has 2 aliphatic heterocycles. The topological polar surface area (TPSA) is 44.1 Å². The van der Waals surface area contributed by atoms with E-state index in [4.69, 9.17) is 0 Å². The number of hydrogen-bond donors (Lipinski definition) is 0. The summed E-state index contributed by atoms with van der Waals surface area (Å²) in [6.45, 7) is 8.33. The summed E-state index contributed by atoms with van der Waals surface area (Å²) in [5.41, 5.74) is 1.37. The van der Waals surface area contributed by atoms with E-state index in [1.165, 1.54) is 32.5 Å². The van der Waals surface area contributed by atoms with Crippen LogP contribution in [0.5, 0.6) is 0 Å². The van der Waals surface area contributed by atoms with Crippen LogP contribution in [0, 0.1) is 0 Å². The number of hydrogen-bond acceptors (Lipinski definition) is 4. The van der Waals surface area contributed by atoms with E-state index in [0.717, 1.165) is 38.4 Å². The number of pyridine rings is 1. The van der Waals surface area contributed by atoms with Crippen molar-refractivity contribution >= 4 is 11.6 Å². The van der Waals surface area contributed by atoms with Crippen molar-refractivity contribution in [1.82, 2.24) is 24.1 Å². The van der Waals surface area contributed by atoms with E-state index in [1.807, 2.05) is 39.9 Å². The molecule has 128 valence electrons. The fourth-order valence-corrected chi connectivity index (χ4v) is 3.66. The highest BCUT2D eigenvalue weighted by Gasteiger charge is 2.24. The van der Waals surface area contributed by atoms with Gasteiger partial charge in [-0.25, -0.2) is 4.98 Å². The Balaban J connectivity index is 1.30. The third-order valence-corrected chi connectivity index (χ3v) is 5.17. The quantitative estimate of drug-likeness (QED) is 0.846. The lowest BCUT2D eigenvalue weighted by molar-refractivity contribution is 0.0621. The number of likely N-dealkylation sites (tertiary alicyclic amines) is 1. The first-order valence-corrected chi connectivity index (χ1v) is 8.97. The molecular weight excluding hydrogens is 302 g/mol. The Kier molecular flexibility index (Phi) is 4.49. The van der Waals surface area contributed by atoms with Gasteiger partial charge in [0.25, 0.3) is 5.91 Å². The SMILES string of the molecule is O=C(c1cn2ccccc2n1)N1CCN(CCN2CCCC2)CC1. The van der Waals surface area contributed by atoms with Gasteiger partial charge in [0.2, 0.25) is 0 Å². The van der Waals surface area contributed by atoms with E-state index in [0.29, 0.717) is 5.69 Å². The zero-order valence-electron chi connectivity index (χ0n) is 14.1. The van der Waals surface area contributed by atoms with Crippen molar-refractivity contribution in [3.63, 3.8) is 0 Å². The van der Waals surface area contributed by atoms with Crippen molar-refractivity contribution in [2.45, 2.75) is 12.8 Å². The van der Waals surface area contributed by atoms with Crippen LogP contribution in [0.1, 0.15) is 23.3 Å². The number of fused-ring (bicyclic) bond motifs is 1. The summed E-state index contributed by atoms with van der Waals surface area (Å²) >= 11 is 0. The lowest BCUT2D eigenvalue weighted by atomic mass is 10.3. The number of aromatic nitrogens is 2. The fraction of sp³-hybridized carbons (Fsp3) is 0.556. The van der Waals surface area contributed by atoms with Crippen LogP contribution >= 0.6 is 0 Å². The molecule has 0 unspecified atom stereocenters. The molecule has 0 atom stereocenters. The van der Waals surface area contributed by atoms with Crippen LogP contribution in [-0.2, 0) is 0 Å². The van der Waals surface area contributed by atoms with Crippen molar-refractivity contribution in [2.24, 2.45) is 0 Å². The zero-order chi connectivity index (χ0) is 16.4. The summed E-state index contributed by atoms with van der Waals surface area (Å²) < 4.78 is 1.90. The van der Waals surface area contributed by atoms with Gasteiger partial charge in [0.15, 0.2) is 0 Å². The average molecular weight is 327 g/mol. The minimum Gasteiger partial charge on any atom is -0.335 e. The molecule has 0 bridgehead atoms. The maximum absolute atomic E-state index is 12.7. The summed E-state index contributed by atoms with van der Waals surface area (Å²) in [6, 6.07) is 5.81. The van der Waals surface area contributed by atoms with E-state index in [1.54, 1.807) is 0 Å². The summed E-state index contributed by atoms with van der Waals surface area (Å²) in [7, 11) is 0. The van der Waals surface area contributed by atoms with E-state index in [-0.39, 0.29) is 5.91 Å². The third kappa shape index (κ3) is 3.30. The van der Waals surface area contributed by atoms with Crippen molar-refractivity contribution < 1.29 is 4.79 Å². The van der Waals surface area contributed by atoms with E-state index < -0.39 is 0 Å². The van der Waals surface area contributed by atoms with E-state index >= 15 is 0 Å². The molecular formula is C18H25N5O. The van der Waals surface area contributed by atoms with Gasteiger partial charge in [0, 0.05) is 51.7 Å². The van der Waals surface area contributed by atoms with Crippen LogP contribution in [0.3, 0.4) is 0 Å². The monoisotopic (exact) mass is 327 g/mol. The molecule has 2 aromatic heterocycles. The molecule has 6 nitrogen and oxygen atoms in total. The highest BCUT2D eigenvalue weighted by Crippen LogP contribution is 2.11. The van der Waals surface area contributed by atoms with E-state index in [2.05, 4.69) is 14.8 Å². The Morgan fingerprint density at radius 2 is 1.67 bits per heavy atom. The minimum absolute atomic E-state index is 0.0536. The van der Waals surface area contributed by atoms with Crippen molar-refractivity contribution in [3.05, 3.63) is 36.3 Å². The Morgan fingerprint density at radius 1 is 0.958 bits per heavy atom. The molecule has 0 saturated carbocycles. The van der Waals surface area contributed by atoms with Gasteiger partial charge < -0.3 is 14.2 Å². The van der Waals surface area contributed by atoms with Gasteiger partial charge in [0.05, 0.1) is 0 Å². The van der Waals surface area contributed by atoms with Crippen LogP contribution in [0.15, 0.2) is 30.6 Å². The van der Waals surface area contributed by atoms with Crippen LogP contribution in [0.2, 0.25) is 0 Å². The molecule has 0 N–H and O–H groups in total. The number of imidazole rings is 1. The average Bonchev–Trinajstić information content (AvgIpc) is 3.29. The van der Waals surface area contributed by atoms with Gasteiger partial charge in [-0.05, 0) is 38.1 Å². The molecule has 4 rings (SSSR count). The van der Waals surface area contributed by atoms with Crippen LogP contribution in [0.4, 0.5) is 0 Å². The lowest BCUT2D eigenvalue weighted by Crippen LogP contribution is -2.50. The first-order valence-electron chi connectivity index (χ1n) is 8.97. The second kappa shape index (κ2) is 6.91. The van der Waals surface area contributed by atoms with Gasteiger partial charge in [-0.1, -0.05) is 6.07 Å². The molecule has 2 saturated heterocycles. The zero-order valence-corrected chi connectivity index (χ0v) is 14.1. The third-order valence-electron chi connectivity index (χ3n) is 5.17. The van der Waals surface area contributed by atoms with Crippen LogP contribution in [-0.4, -0.2) is 82.3 Å². The molecule has 0 spiro atoms. The molecule has 2 fully saturated rings. The predicted octanol–water partition coefficient (Wildman–Crippen LogP) is 1.19. The summed E-state index contributed by atoms with van der Waals surface area (Å²) in [6.07, 6.45) is 6.45. The van der Waals surface area contributed by atoms with Gasteiger partial charge >= 0.3 is 0 Å². The molecule has 0 radical (unpaired) electrons. The lowest BCUT2D eigenvalue weighted by Gasteiger charge is -2.35. The highest BCUT2D eigenvalue weighted by molar-refractivity contribution is 5.93. The molecule has 2 aliphatic rings. The molecule has 4 heterocycles. The van der Waals surface area contributed by atoms with Gasteiger partial charge in [-0.15, -0.1) is 0 Å².